The second-order valence-corrected chi connectivity index (χ2v) is 17.2. The van der Waals surface area contributed by atoms with Gasteiger partial charge in [0, 0.05) is 43.8 Å². The van der Waals surface area contributed by atoms with Crippen molar-refractivity contribution in [3.63, 3.8) is 0 Å². The van der Waals surface area contributed by atoms with Crippen LogP contribution in [0.15, 0.2) is 170 Å². The number of imide groups is 4. The van der Waals surface area contributed by atoms with Gasteiger partial charge in [0.15, 0.2) is 0 Å². The lowest BCUT2D eigenvalue weighted by Crippen LogP contribution is -2.58. The zero-order valence-electron chi connectivity index (χ0n) is 35.8. The lowest BCUT2D eigenvalue weighted by atomic mass is 9.84. The van der Waals surface area contributed by atoms with Gasteiger partial charge < -0.3 is 0 Å². The molecule has 12 nitrogen and oxygen atoms in total. The van der Waals surface area contributed by atoms with Crippen molar-refractivity contribution in [2.45, 2.75) is 24.9 Å². The van der Waals surface area contributed by atoms with E-state index in [9.17, 15) is 38.4 Å². The second-order valence-electron chi connectivity index (χ2n) is 17.2. The number of carbonyl (C=O) groups is 8. The maximum atomic E-state index is 14.7. The predicted molar refractivity (Wildman–Crippen MR) is 249 cm³/mol. The number of carbonyl (C=O) groups excluding carboxylic acids is 8. The van der Waals surface area contributed by atoms with Gasteiger partial charge in [-0.3, -0.25) is 48.2 Å². The fourth-order valence-electron chi connectivity index (χ4n) is 10.4. The molecule has 0 aliphatic carbocycles. The highest BCUT2D eigenvalue weighted by molar-refractivity contribution is 6.37. The lowest BCUT2D eigenvalue weighted by Gasteiger charge is -2.39. The van der Waals surface area contributed by atoms with E-state index in [1.54, 1.807) is 0 Å². The van der Waals surface area contributed by atoms with Crippen LogP contribution in [-0.2, 0) is 12.8 Å². The highest BCUT2D eigenvalue weighted by Crippen LogP contribution is 2.44. The van der Waals surface area contributed by atoms with Gasteiger partial charge in [0.25, 0.3) is 47.3 Å². The molecular formula is C56H34N4O8. The molecule has 4 aliphatic heterocycles. The van der Waals surface area contributed by atoms with Crippen LogP contribution in [0.3, 0.4) is 0 Å². The molecule has 0 saturated carbocycles. The molecule has 4 aliphatic rings. The Bertz CT molecular complexity index is 3220. The van der Waals surface area contributed by atoms with E-state index in [4.69, 9.17) is 0 Å². The molecule has 4 heterocycles. The van der Waals surface area contributed by atoms with Crippen molar-refractivity contribution in [3.05, 3.63) is 237 Å². The first-order valence-corrected chi connectivity index (χ1v) is 22.0. The monoisotopic (exact) mass is 890 g/mol. The van der Waals surface area contributed by atoms with Crippen LogP contribution in [0.4, 0.5) is 0 Å². The Morgan fingerprint density at radius 1 is 0.265 bits per heavy atom. The third-order valence-electron chi connectivity index (χ3n) is 13.5. The van der Waals surface area contributed by atoms with Crippen molar-refractivity contribution in [1.82, 2.24) is 19.8 Å². The van der Waals surface area contributed by atoms with E-state index in [1.807, 2.05) is 121 Å². The summed E-state index contributed by atoms with van der Waals surface area (Å²) in [5.41, 5.74) is 3.31. The number of benzene rings is 8. The molecular weight excluding hydrogens is 857 g/mol. The molecule has 0 fully saturated rings. The zero-order valence-corrected chi connectivity index (χ0v) is 35.8. The van der Waals surface area contributed by atoms with E-state index in [0.717, 1.165) is 22.3 Å². The molecule has 326 valence electrons. The molecule has 0 bridgehead atoms. The van der Waals surface area contributed by atoms with Crippen LogP contribution < -0.4 is 0 Å². The molecule has 12 rings (SSSR count). The van der Waals surface area contributed by atoms with Crippen LogP contribution in [0.25, 0.3) is 21.5 Å². The summed E-state index contributed by atoms with van der Waals surface area (Å²) >= 11 is 0. The molecule has 8 amide bonds. The molecule has 2 unspecified atom stereocenters. The summed E-state index contributed by atoms with van der Waals surface area (Å²) in [4.78, 5) is 120. The van der Waals surface area contributed by atoms with Crippen molar-refractivity contribution in [3.8, 4) is 0 Å². The first-order chi connectivity index (χ1) is 33.1. The van der Waals surface area contributed by atoms with E-state index in [-0.39, 0.29) is 66.1 Å². The van der Waals surface area contributed by atoms with Crippen molar-refractivity contribution in [2.24, 2.45) is 0 Å². The number of amides is 8. The predicted octanol–water partition coefficient (Wildman–Crippen LogP) is 8.96. The van der Waals surface area contributed by atoms with E-state index in [0.29, 0.717) is 22.9 Å². The van der Waals surface area contributed by atoms with Gasteiger partial charge in [-0.05, 0) is 83.6 Å². The minimum Gasteiger partial charge on any atom is -0.269 e. The maximum Gasteiger partial charge on any atom is 0.281 e. The minimum absolute atomic E-state index is 0.0606. The lowest BCUT2D eigenvalue weighted by molar-refractivity contribution is 0.00211. The van der Waals surface area contributed by atoms with Crippen LogP contribution in [0, 0.1) is 0 Å². The Morgan fingerprint density at radius 2 is 0.485 bits per heavy atom. The van der Waals surface area contributed by atoms with Gasteiger partial charge in [-0.2, -0.15) is 10.0 Å². The molecule has 0 N–H and O–H groups in total. The van der Waals surface area contributed by atoms with Gasteiger partial charge in [-0.25, -0.2) is 0 Å². The molecule has 0 radical (unpaired) electrons. The SMILES string of the molecule is O=C1c2ccc3c4c(ccc(c24)C(=O)N1C(Cc1ccccc1)c1ccccc1)C(=O)N(N1C(=O)c2ccc4c5c(ccc(c25)C1=O)C(=O)N(C(Cc1ccccc1)c1ccccc1)C4=O)C3=O. The van der Waals surface area contributed by atoms with Crippen molar-refractivity contribution in [2.75, 3.05) is 0 Å². The Labute approximate surface area is 387 Å². The number of hydrogen-bond acceptors (Lipinski definition) is 8. The van der Waals surface area contributed by atoms with Gasteiger partial charge >= 0.3 is 0 Å². The van der Waals surface area contributed by atoms with Gasteiger partial charge in [0.05, 0.1) is 34.3 Å². The number of nitrogens with zero attached hydrogens (tertiary/aromatic N) is 4. The van der Waals surface area contributed by atoms with Gasteiger partial charge in [0.2, 0.25) is 0 Å². The Morgan fingerprint density at radius 3 is 0.735 bits per heavy atom. The second kappa shape index (κ2) is 15.2. The third-order valence-corrected chi connectivity index (χ3v) is 13.5. The van der Waals surface area contributed by atoms with Crippen molar-refractivity contribution < 1.29 is 38.4 Å². The fourth-order valence-corrected chi connectivity index (χ4v) is 10.4. The average molecular weight is 891 g/mol. The molecule has 8 aromatic rings. The van der Waals surface area contributed by atoms with E-state index in [2.05, 4.69) is 0 Å². The summed E-state index contributed by atoms with van der Waals surface area (Å²) in [5, 5.41) is 1.35. The maximum absolute atomic E-state index is 14.7. The summed E-state index contributed by atoms with van der Waals surface area (Å²) < 4.78 is 0. The smallest absolute Gasteiger partial charge is 0.269 e. The molecule has 0 saturated heterocycles. The van der Waals surface area contributed by atoms with Crippen LogP contribution in [0.1, 0.15) is 117 Å². The largest absolute Gasteiger partial charge is 0.281 e. The van der Waals surface area contributed by atoms with Crippen LogP contribution >= 0.6 is 0 Å². The minimum atomic E-state index is -1.03. The van der Waals surface area contributed by atoms with Crippen molar-refractivity contribution in [1.29, 1.82) is 0 Å². The Balaban J connectivity index is 0.904. The number of hydrogen-bond donors (Lipinski definition) is 0. The standard InChI is InChI=1S/C56H34N4O8/c61-49-35-21-25-39-47-40(26-22-36(45(35)47)50(62)57(49)43(33-17-9-3-10-18-33)29-31-13-5-1-6-14-31)54(66)59(53(39)65)60-55(67)41-27-23-37-46-38(24-28-42(48(41)46)56(60)68)52(64)58(51(37)63)44(34-19-11-4-12-20-34)30-32-15-7-2-8-16-32/h1-28,43-44H,29-30H2. The highest BCUT2D eigenvalue weighted by Gasteiger charge is 2.49. The summed E-state index contributed by atoms with van der Waals surface area (Å²) in [7, 11) is 0. The van der Waals surface area contributed by atoms with E-state index < -0.39 is 59.3 Å². The topological polar surface area (TPSA) is 150 Å². The fraction of sp³-hybridized carbons (Fsp3) is 0.0714. The van der Waals surface area contributed by atoms with Crippen LogP contribution in [-0.4, -0.2) is 67.1 Å². The average Bonchev–Trinajstić information content (AvgIpc) is 3.37. The van der Waals surface area contributed by atoms with Gasteiger partial charge in [-0.1, -0.05) is 121 Å². The summed E-state index contributed by atoms with van der Waals surface area (Å²) in [6.07, 6.45) is 0.656. The molecule has 12 heteroatoms. The molecule has 8 aromatic carbocycles. The molecule has 68 heavy (non-hydrogen) atoms. The van der Waals surface area contributed by atoms with E-state index >= 15 is 0 Å². The Hall–Kier alpha value is -9.16. The van der Waals surface area contributed by atoms with Gasteiger partial charge in [-0.15, -0.1) is 0 Å². The summed E-state index contributed by atoms with van der Waals surface area (Å²) in [6, 6.07) is 47.2. The number of hydrazine groups is 1. The first kappa shape index (κ1) is 40.4. The highest BCUT2D eigenvalue weighted by atomic mass is 16.2. The zero-order chi connectivity index (χ0) is 46.5. The van der Waals surface area contributed by atoms with Crippen molar-refractivity contribution >= 4 is 68.8 Å². The number of rotatable bonds is 9. The van der Waals surface area contributed by atoms with Crippen LogP contribution in [0.5, 0.6) is 0 Å². The molecule has 0 spiro atoms. The first-order valence-electron chi connectivity index (χ1n) is 22.0. The van der Waals surface area contributed by atoms with Crippen LogP contribution in [0.2, 0.25) is 0 Å². The van der Waals surface area contributed by atoms with Gasteiger partial charge in [0.1, 0.15) is 0 Å². The van der Waals surface area contributed by atoms with E-state index in [1.165, 1.54) is 58.3 Å². The third kappa shape index (κ3) is 5.80. The quantitative estimate of drug-likeness (QED) is 0.130. The Kier molecular flexibility index (Phi) is 9.03. The summed E-state index contributed by atoms with van der Waals surface area (Å²) in [6.45, 7) is 0. The summed E-state index contributed by atoms with van der Waals surface area (Å²) in [5.74, 6) is -6.54. The molecule has 2 atom stereocenters. The normalized spacial score (nSPS) is 16.1. The molecule has 0 aromatic heterocycles.